The molecule has 19 heavy (non-hydrogen) atoms. The zero-order valence-electron chi connectivity index (χ0n) is 11.7. The molecule has 1 unspecified atom stereocenters. The van der Waals surface area contributed by atoms with E-state index in [1.807, 2.05) is 6.20 Å². The molecule has 0 amide bonds. The lowest BCUT2D eigenvalue weighted by atomic mass is 10.0. The van der Waals surface area contributed by atoms with E-state index in [1.165, 1.54) is 42.3 Å². The monoisotopic (exact) mass is 257 g/mol. The fraction of sp³-hybridized carbons (Fsp3) is 0.500. The molecule has 3 rings (SSSR count). The zero-order valence-corrected chi connectivity index (χ0v) is 11.7. The maximum absolute atomic E-state index is 3.61. The molecule has 3 heteroatoms. The van der Waals surface area contributed by atoms with E-state index in [1.54, 1.807) is 0 Å². The van der Waals surface area contributed by atoms with Gasteiger partial charge in [-0.2, -0.15) is 0 Å². The molecule has 2 heterocycles. The van der Waals surface area contributed by atoms with Gasteiger partial charge in [0.15, 0.2) is 0 Å². The van der Waals surface area contributed by atoms with Gasteiger partial charge in [0.1, 0.15) is 0 Å². The summed E-state index contributed by atoms with van der Waals surface area (Å²) in [5.74, 6) is 0. The number of rotatable bonds is 4. The molecule has 1 aromatic carbocycles. The van der Waals surface area contributed by atoms with Gasteiger partial charge in [0.25, 0.3) is 0 Å². The van der Waals surface area contributed by atoms with E-state index in [2.05, 4.69) is 46.5 Å². The summed E-state index contributed by atoms with van der Waals surface area (Å²) in [6, 6.07) is 9.48. The van der Waals surface area contributed by atoms with E-state index in [0.717, 1.165) is 13.1 Å². The molecule has 0 saturated carbocycles. The Hall–Kier alpha value is -1.32. The molecule has 3 nitrogen and oxygen atoms in total. The number of likely N-dealkylation sites (N-methyl/N-ethyl adjacent to an activating group) is 1. The summed E-state index contributed by atoms with van der Waals surface area (Å²) in [7, 11) is 2.25. The normalized spacial score (nSPS) is 21.0. The van der Waals surface area contributed by atoms with Crippen molar-refractivity contribution >= 4 is 10.9 Å². The first-order valence-corrected chi connectivity index (χ1v) is 7.30. The standard InChI is InChI=1S/C16H23N3/c1-19-9-3-2-4-15(19)12-17-11-13-5-6-16-14(10-13)7-8-18-16/h5-8,10,15,17-18H,2-4,9,11-12H2,1H3. The summed E-state index contributed by atoms with van der Waals surface area (Å²) < 4.78 is 0. The predicted octanol–water partition coefficient (Wildman–Crippen LogP) is 2.74. The average molecular weight is 257 g/mol. The second-order valence-corrected chi connectivity index (χ2v) is 5.66. The number of hydrogen-bond acceptors (Lipinski definition) is 2. The number of fused-ring (bicyclic) bond motifs is 1. The predicted molar refractivity (Wildman–Crippen MR) is 80.3 cm³/mol. The van der Waals surface area contributed by atoms with Crippen molar-refractivity contribution in [3.63, 3.8) is 0 Å². The van der Waals surface area contributed by atoms with Gasteiger partial charge < -0.3 is 15.2 Å². The fourth-order valence-electron chi connectivity index (χ4n) is 3.00. The highest BCUT2D eigenvalue weighted by Gasteiger charge is 2.17. The van der Waals surface area contributed by atoms with Crippen LogP contribution >= 0.6 is 0 Å². The summed E-state index contributed by atoms with van der Waals surface area (Å²) in [4.78, 5) is 5.73. The van der Waals surface area contributed by atoms with Crippen molar-refractivity contribution in [1.29, 1.82) is 0 Å². The Bertz CT molecular complexity index is 532. The van der Waals surface area contributed by atoms with Crippen LogP contribution in [0.25, 0.3) is 10.9 Å². The number of aromatic amines is 1. The Morgan fingerprint density at radius 1 is 1.32 bits per heavy atom. The minimum absolute atomic E-state index is 0.713. The number of hydrogen-bond donors (Lipinski definition) is 2. The van der Waals surface area contributed by atoms with Gasteiger partial charge in [-0.05, 0) is 55.6 Å². The molecule has 0 bridgehead atoms. The average Bonchev–Trinajstić information content (AvgIpc) is 2.88. The van der Waals surface area contributed by atoms with Gasteiger partial charge in [0.05, 0.1) is 0 Å². The quantitative estimate of drug-likeness (QED) is 0.882. The molecular formula is C16H23N3. The first kappa shape index (κ1) is 12.7. The van der Waals surface area contributed by atoms with E-state index in [9.17, 15) is 0 Å². The van der Waals surface area contributed by atoms with Crippen LogP contribution in [0.15, 0.2) is 30.5 Å². The molecule has 1 aromatic heterocycles. The molecule has 1 aliphatic rings. The molecular weight excluding hydrogens is 234 g/mol. The van der Waals surface area contributed by atoms with Gasteiger partial charge >= 0.3 is 0 Å². The third-order valence-corrected chi connectivity index (χ3v) is 4.25. The first-order chi connectivity index (χ1) is 9.33. The maximum Gasteiger partial charge on any atom is 0.0454 e. The third kappa shape index (κ3) is 2.99. The highest BCUT2D eigenvalue weighted by atomic mass is 15.2. The van der Waals surface area contributed by atoms with Crippen LogP contribution in [0.5, 0.6) is 0 Å². The Morgan fingerprint density at radius 3 is 3.16 bits per heavy atom. The van der Waals surface area contributed by atoms with Crippen molar-refractivity contribution in [3.8, 4) is 0 Å². The van der Waals surface area contributed by atoms with E-state index in [0.29, 0.717) is 6.04 Å². The second kappa shape index (κ2) is 5.76. The van der Waals surface area contributed by atoms with Crippen LogP contribution in [0.1, 0.15) is 24.8 Å². The van der Waals surface area contributed by atoms with Crippen molar-refractivity contribution in [1.82, 2.24) is 15.2 Å². The molecule has 1 atom stereocenters. The van der Waals surface area contributed by atoms with Crippen LogP contribution in [0.4, 0.5) is 0 Å². The SMILES string of the molecule is CN1CCCCC1CNCc1ccc2[nH]ccc2c1. The Kier molecular flexibility index (Phi) is 3.85. The van der Waals surface area contributed by atoms with Crippen molar-refractivity contribution in [2.24, 2.45) is 0 Å². The van der Waals surface area contributed by atoms with Crippen molar-refractivity contribution in [2.45, 2.75) is 31.8 Å². The lowest BCUT2D eigenvalue weighted by Gasteiger charge is -2.32. The summed E-state index contributed by atoms with van der Waals surface area (Å²) in [6.07, 6.45) is 6.07. The molecule has 2 aromatic rings. The van der Waals surface area contributed by atoms with E-state index in [4.69, 9.17) is 0 Å². The van der Waals surface area contributed by atoms with E-state index >= 15 is 0 Å². The Morgan fingerprint density at radius 2 is 2.26 bits per heavy atom. The van der Waals surface area contributed by atoms with Crippen LogP contribution in [0.2, 0.25) is 0 Å². The number of piperidine rings is 1. The summed E-state index contributed by atoms with van der Waals surface area (Å²) in [6.45, 7) is 3.31. The maximum atomic E-state index is 3.61. The minimum Gasteiger partial charge on any atom is -0.361 e. The van der Waals surface area contributed by atoms with Crippen LogP contribution in [-0.4, -0.2) is 36.1 Å². The Labute approximate surface area is 115 Å². The van der Waals surface area contributed by atoms with Crippen LogP contribution in [-0.2, 0) is 6.54 Å². The summed E-state index contributed by atoms with van der Waals surface area (Å²) in [5.41, 5.74) is 2.58. The Balaban J connectivity index is 1.53. The number of nitrogens with one attached hydrogen (secondary N) is 2. The summed E-state index contributed by atoms with van der Waals surface area (Å²) in [5, 5.41) is 4.91. The number of H-pyrrole nitrogens is 1. The van der Waals surface area contributed by atoms with Crippen LogP contribution in [0.3, 0.4) is 0 Å². The molecule has 1 fully saturated rings. The molecule has 1 saturated heterocycles. The molecule has 1 aliphatic heterocycles. The highest BCUT2D eigenvalue weighted by Crippen LogP contribution is 2.16. The van der Waals surface area contributed by atoms with Gasteiger partial charge in [-0.15, -0.1) is 0 Å². The van der Waals surface area contributed by atoms with Gasteiger partial charge in [-0.1, -0.05) is 12.5 Å². The third-order valence-electron chi connectivity index (χ3n) is 4.25. The molecule has 2 N–H and O–H groups in total. The van der Waals surface area contributed by atoms with Crippen molar-refractivity contribution in [2.75, 3.05) is 20.1 Å². The van der Waals surface area contributed by atoms with Crippen LogP contribution in [0, 0.1) is 0 Å². The topological polar surface area (TPSA) is 31.1 Å². The molecule has 0 aliphatic carbocycles. The first-order valence-electron chi connectivity index (χ1n) is 7.30. The smallest absolute Gasteiger partial charge is 0.0454 e. The largest absolute Gasteiger partial charge is 0.361 e. The molecule has 0 spiro atoms. The number of aromatic nitrogens is 1. The number of benzene rings is 1. The van der Waals surface area contributed by atoms with Gasteiger partial charge in [0.2, 0.25) is 0 Å². The van der Waals surface area contributed by atoms with Gasteiger partial charge in [0, 0.05) is 30.8 Å². The minimum atomic E-state index is 0.713. The molecule has 102 valence electrons. The van der Waals surface area contributed by atoms with Crippen molar-refractivity contribution in [3.05, 3.63) is 36.0 Å². The number of nitrogens with zero attached hydrogens (tertiary/aromatic N) is 1. The summed E-state index contributed by atoms with van der Waals surface area (Å²) >= 11 is 0. The van der Waals surface area contributed by atoms with Crippen molar-refractivity contribution < 1.29 is 0 Å². The van der Waals surface area contributed by atoms with E-state index in [-0.39, 0.29) is 0 Å². The number of likely N-dealkylation sites (tertiary alicyclic amines) is 1. The van der Waals surface area contributed by atoms with Gasteiger partial charge in [-0.3, -0.25) is 0 Å². The van der Waals surface area contributed by atoms with Gasteiger partial charge in [-0.25, -0.2) is 0 Å². The lowest BCUT2D eigenvalue weighted by molar-refractivity contribution is 0.181. The molecule has 0 radical (unpaired) electrons. The second-order valence-electron chi connectivity index (χ2n) is 5.66. The van der Waals surface area contributed by atoms with E-state index < -0.39 is 0 Å². The zero-order chi connectivity index (χ0) is 13.1. The lowest BCUT2D eigenvalue weighted by Crippen LogP contribution is -2.42. The highest BCUT2D eigenvalue weighted by molar-refractivity contribution is 5.79. The fourth-order valence-corrected chi connectivity index (χ4v) is 3.00. The van der Waals surface area contributed by atoms with Crippen LogP contribution < -0.4 is 5.32 Å².